The van der Waals surface area contributed by atoms with Crippen molar-refractivity contribution in [1.29, 1.82) is 0 Å². The highest BCUT2D eigenvalue weighted by Gasteiger charge is 2.44. The second kappa shape index (κ2) is 7.17. The molecule has 0 unspecified atom stereocenters. The molecular formula is C19H19NO4. The summed E-state index contributed by atoms with van der Waals surface area (Å²) in [5.74, 6) is -0.441. The first-order valence-corrected chi connectivity index (χ1v) is 7.93. The molecule has 1 heterocycles. The fourth-order valence-electron chi connectivity index (χ4n) is 2.92. The molecule has 0 bridgehead atoms. The number of benzene rings is 2. The minimum absolute atomic E-state index is 0.129. The van der Waals surface area contributed by atoms with E-state index in [4.69, 9.17) is 9.47 Å². The van der Waals surface area contributed by atoms with Gasteiger partial charge in [0.15, 0.2) is 6.10 Å². The third kappa shape index (κ3) is 3.25. The van der Waals surface area contributed by atoms with Gasteiger partial charge in [-0.3, -0.25) is 9.69 Å². The van der Waals surface area contributed by atoms with Crippen LogP contribution in [0, 0.1) is 0 Å². The van der Waals surface area contributed by atoms with Crippen LogP contribution in [0.5, 0.6) is 0 Å². The monoisotopic (exact) mass is 325 g/mol. The highest BCUT2D eigenvalue weighted by molar-refractivity contribution is 5.80. The minimum Gasteiger partial charge on any atom is -0.465 e. The summed E-state index contributed by atoms with van der Waals surface area (Å²) in [6.45, 7) is 1.89. The van der Waals surface area contributed by atoms with E-state index in [2.05, 4.69) is 0 Å². The molecule has 1 aliphatic heterocycles. The van der Waals surface area contributed by atoms with E-state index in [1.807, 2.05) is 60.7 Å². The van der Waals surface area contributed by atoms with Gasteiger partial charge in [0.2, 0.25) is 0 Å². The van der Waals surface area contributed by atoms with E-state index in [0.29, 0.717) is 0 Å². The van der Waals surface area contributed by atoms with Crippen molar-refractivity contribution in [2.24, 2.45) is 0 Å². The van der Waals surface area contributed by atoms with Gasteiger partial charge in [-0.2, -0.15) is 0 Å². The number of cyclic esters (lactones) is 1. The van der Waals surface area contributed by atoms with Crippen LogP contribution in [-0.4, -0.2) is 30.1 Å². The first-order chi connectivity index (χ1) is 11.7. The maximum absolute atomic E-state index is 12.4. The SMILES string of the molecule is CCOC(=O)CN1C(=O)O[C@H](c2ccccc2)[C@@H]1c1ccccc1. The molecule has 1 fully saturated rings. The number of hydrogen-bond donors (Lipinski definition) is 0. The fraction of sp³-hybridized carbons (Fsp3) is 0.263. The molecule has 0 aromatic heterocycles. The molecule has 5 nitrogen and oxygen atoms in total. The summed E-state index contributed by atoms with van der Waals surface area (Å²) in [5, 5.41) is 0. The average Bonchev–Trinajstić information content (AvgIpc) is 2.93. The Bertz CT molecular complexity index is 702. The van der Waals surface area contributed by atoms with Crippen LogP contribution in [0.2, 0.25) is 0 Å². The molecule has 0 spiro atoms. The van der Waals surface area contributed by atoms with Crippen LogP contribution < -0.4 is 0 Å². The first-order valence-electron chi connectivity index (χ1n) is 7.93. The molecule has 1 saturated heterocycles. The number of nitrogens with zero attached hydrogens (tertiary/aromatic N) is 1. The molecule has 0 aliphatic carbocycles. The molecule has 1 amide bonds. The van der Waals surface area contributed by atoms with E-state index < -0.39 is 18.2 Å². The van der Waals surface area contributed by atoms with Crippen molar-refractivity contribution in [3.8, 4) is 0 Å². The van der Waals surface area contributed by atoms with E-state index in [9.17, 15) is 9.59 Å². The van der Waals surface area contributed by atoms with Crippen molar-refractivity contribution in [3.63, 3.8) is 0 Å². The van der Waals surface area contributed by atoms with Gasteiger partial charge in [-0.25, -0.2) is 4.79 Å². The van der Waals surface area contributed by atoms with E-state index in [1.54, 1.807) is 6.92 Å². The zero-order valence-electron chi connectivity index (χ0n) is 13.4. The molecule has 24 heavy (non-hydrogen) atoms. The first kappa shape index (κ1) is 16.1. The van der Waals surface area contributed by atoms with Crippen LogP contribution in [0.4, 0.5) is 4.79 Å². The molecule has 1 aliphatic rings. The fourth-order valence-corrected chi connectivity index (χ4v) is 2.92. The normalized spacial score (nSPS) is 19.9. The lowest BCUT2D eigenvalue weighted by Gasteiger charge is -2.24. The molecule has 0 saturated carbocycles. The summed E-state index contributed by atoms with van der Waals surface area (Å²) >= 11 is 0. The third-order valence-electron chi connectivity index (χ3n) is 3.96. The number of carbonyl (C=O) groups is 2. The van der Waals surface area contributed by atoms with E-state index in [0.717, 1.165) is 11.1 Å². The predicted octanol–water partition coefficient (Wildman–Crippen LogP) is 3.48. The summed E-state index contributed by atoms with van der Waals surface area (Å²) in [4.78, 5) is 25.7. The lowest BCUT2D eigenvalue weighted by Crippen LogP contribution is -2.34. The van der Waals surface area contributed by atoms with Gasteiger partial charge in [0.05, 0.1) is 6.61 Å². The largest absolute Gasteiger partial charge is 0.465 e. The van der Waals surface area contributed by atoms with Gasteiger partial charge in [-0.05, 0) is 18.1 Å². The number of rotatable bonds is 5. The van der Waals surface area contributed by atoms with Crippen molar-refractivity contribution >= 4 is 12.1 Å². The molecule has 2 aromatic rings. The summed E-state index contributed by atoms with van der Waals surface area (Å²) in [5.41, 5.74) is 1.81. The molecule has 5 heteroatoms. The van der Waals surface area contributed by atoms with Crippen molar-refractivity contribution in [3.05, 3.63) is 71.8 Å². The van der Waals surface area contributed by atoms with Gasteiger partial charge in [0, 0.05) is 0 Å². The van der Waals surface area contributed by atoms with Crippen LogP contribution in [-0.2, 0) is 14.3 Å². The smallest absolute Gasteiger partial charge is 0.411 e. The molecule has 2 aromatic carbocycles. The van der Waals surface area contributed by atoms with Crippen LogP contribution in [0.25, 0.3) is 0 Å². The zero-order chi connectivity index (χ0) is 16.9. The van der Waals surface area contributed by atoms with Gasteiger partial charge in [-0.15, -0.1) is 0 Å². The summed E-state index contributed by atoms with van der Waals surface area (Å²) in [7, 11) is 0. The number of amides is 1. The second-order valence-electron chi connectivity index (χ2n) is 5.50. The maximum atomic E-state index is 12.4. The van der Waals surface area contributed by atoms with Crippen molar-refractivity contribution in [2.45, 2.75) is 19.1 Å². The van der Waals surface area contributed by atoms with E-state index in [1.165, 1.54) is 4.90 Å². The summed E-state index contributed by atoms with van der Waals surface area (Å²) in [6.07, 6.45) is -0.971. The van der Waals surface area contributed by atoms with Crippen molar-refractivity contribution in [1.82, 2.24) is 4.90 Å². The van der Waals surface area contributed by atoms with E-state index >= 15 is 0 Å². The highest BCUT2D eigenvalue weighted by atomic mass is 16.6. The Morgan fingerprint density at radius 3 is 2.21 bits per heavy atom. The number of carbonyl (C=O) groups excluding carboxylic acids is 2. The van der Waals surface area contributed by atoms with E-state index in [-0.39, 0.29) is 19.2 Å². The van der Waals surface area contributed by atoms with Crippen molar-refractivity contribution < 1.29 is 19.1 Å². The predicted molar refractivity (Wildman–Crippen MR) is 88.2 cm³/mol. The lowest BCUT2D eigenvalue weighted by atomic mass is 9.95. The molecular weight excluding hydrogens is 306 g/mol. The van der Waals surface area contributed by atoms with Crippen LogP contribution in [0.3, 0.4) is 0 Å². The van der Waals surface area contributed by atoms with Crippen LogP contribution >= 0.6 is 0 Å². The number of esters is 1. The molecule has 124 valence electrons. The second-order valence-corrected chi connectivity index (χ2v) is 5.50. The summed E-state index contributed by atoms with van der Waals surface area (Å²) in [6, 6.07) is 18.8. The van der Waals surface area contributed by atoms with Gasteiger partial charge in [0.25, 0.3) is 0 Å². The summed E-state index contributed by atoms with van der Waals surface area (Å²) < 4.78 is 10.6. The number of hydrogen-bond acceptors (Lipinski definition) is 4. The van der Waals surface area contributed by atoms with Gasteiger partial charge in [0.1, 0.15) is 12.6 Å². The molecule has 0 N–H and O–H groups in total. The Kier molecular flexibility index (Phi) is 4.79. The van der Waals surface area contributed by atoms with Gasteiger partial charge < -0.3 is 9.47 Å². The van der Waals surface area contributed by atoms with Crippen LogP contribution in [0.15, 0.2) is 60.7 Å². The Hall–Kier alpha value is -2.82. The average molecular weight is 325 g/mol. The maximum Gasteiger partial charge on any atom is 0.411 e. The third-order valence-corrected chi connectivity index (χ3v) is 3.96. The van der Waals surface area contributed by atoms with Gasteiger partial charge >= 0.3 is 12.1 Å². The van der Waals surface area contributed by atoms with Crippen LogP contribution in [0.1, 0.15) is 30.2 Å². The zero-order valence-corrected chi connectivity index (χ0v) is 13.4. The quantitative estimate of drug-likeness (QED) is 0.790. The number of ether oxygens (including phenoxy) is 2. The Morgan fingerprint density at radius 2 is 1.62 bits per heavy atom. The Morgan fingerprint density at radius 1 is 1.04 bits per heavy atom. The molecule has 2 atom stereocenters. The topological polar surface area (TPSA) is 55.8 Å². The Labute approximate surface area is 140 Å². The lowest BCUT2D eigenvalue weighted by molar-refractivity contribution is -0.144. The molecule has 3 rings (SSSR count). The Balaban J connectivity index is 1.95. The highest BCUT2D eigenvalue weighted by Crippen LogP contribution is 2.42. The molecule has 0 radical (unpaired) electrons. The van der Waals surface area contributed by atoms with Crippen molar-refractivity contribution in [2.75, 3.05) is 13.2 Å². The minimum atomic E-state index is -0.509. The standard InChI is InChI=1S/C19H19NO4/c1-2-23-16(21)13-20-17(14-9-5-3-6-10-14)18(24-19(20)22)15-11-7-4-8-12-15/h3-12,17-18H,2,13H2,1H3/t17-,18+/m0/s1. The van der Waals surface area contributed by atoms with Gasteiger partial charge in [-0.1, -0.05) is 60.7 Å².